The first-order valence-corrected chi connectivity index (χ1v) is 10.6. The second-order valence-electron chi connectivity index (χ2n) is 6.29. The Morgan fingerprint density at radius 2 is 1.83 bits per heavy atom. The van der Waals surface area contributed by atoms with Gasteiger partial charge >= 0.3 is 0 Å². The first-order valence-electron chi connectivity index (χ1n) is 8.79. The molecule has 9 heteroatoms. The predicted octanol–water partition coefficient (Wildman–Crippen LogP) is 6.71. The number of nitrogens with one attached hydrogen (secondary N) is 1. The number of ether oxygens (including phenoxy) is 2. The van der Waals surface area contributed by atoms with Crippen LogP contribution in [-0.4, -0.2) is 12.0 Å². The number of nitrogens with zero attached hydrogens (tertiary/aromatic N) is 1. The van der Waals surface area contributed by atoms with Crippen LogP contribution in [0.1, 0.15) is 11.1 Å². The van der Waals surface area contributed by atoms with Gasteiger partial charge in [0.1, 0.15) is 6.61 Å². The number of nitro benzene ring substituents is 1. The summed E-state index contributed by atoms with van der Waals surface area (Å²) in [5.41, 5.74) is 2.64. The summed E-state index contributed by atoms with van der Waals surface area (Å²) in [4.78, 5) is 10.3. The van der Waals surface area contributed by atoms with E-state index in [1.807, 2.05) is 18.2 Å². The molecule has 6 nitrogen and oxygen atoms in total. The number of halogens is 3. The summed E-state index contributed by atoms with van der Waals surface area (Å²) < 4.78 is 12.4. The van der Waals surface area contributed by atoms with Crippen molar-refractivity contribution in [2.24, 2.45) is 0 Å². The molecule has 3 aromatic carbocycles. The average Bonchev–Trinajstić information content (AvgIpc) is 2.72. The summed E-state index contributed by atoms with van der Waals surface area (Å²) in [6, 6.07) is 15.4. The molecule has 0 aromatic heterocycles. The van der Waals surface area contributed by atoms with Crippen molar-refractivity contribution in [2.45, 2.75) is 13.2 Å². The molecule has 0 unspecified atom stereocenters. The van der Waals surface area contributed by atoms with E-state index in [1.54, 1.807) is 31.4 Å². The number of rotatable bonds is 8. The summed E-state index contributed by atoms with van der Waals surface area (Å²) >= 11 is 14.4. The third kappa shape index (κ3) is 5.68. The minimum absolute atomic E-state index is 0.0547. The van der Waals surface area contributed by atoms with Gasteiger partial charge < -0.3 is 14.8 Å². The zero-order valence-corrected chi connectivity index (χ0v) is 19.5. The van der Waals surface area contributed by atoms with Crippen LogP contribution in [0.15, 0.2) is 54.6 Å². The van der Waals surface area contributed by atoms with Crippen LogP contribution in [0.4, 0.5) is 11.4 Å². The SMILES string of the molecule is COc1cc(CNc2ccc([N+](=O)[O-])cc2)cc(I)c1OCc1ccc(Cl)cc1Cl. The van der Waals surface area contributed by atoms with Crippen LogP contribution in [0.2, 0.25) is 10.0 Å². The van der Waals surface area contributed by atoms with E-state index in [0.717, 1.165) is 20.4 Å². The predicted molar refractivity (Wildman–Crippen MR) is 127 cm³/mol. The maximum atomic E-state index is 10.8. The van der Waals surface area contributed by atoms with E-state index in [4.69, 9.17) is 32.7 Å². The van der Waals surface area contributed by atoms with E-state index in [9.17, 15) is 10.1 Å². The summed E-state index contributed by atoms with van der Waals surface area (Å²) in [6.07, 6.45) is 0. The van der Waals surface area contributed by atoms with Crippen molar-refractivity contribution in [1.29, 1.82) is 0 Å². The van der Waals surface area contributed by atoms with Gasteiger partial charge in [0.2, 0.25) is 0 Å². The first kappa shape index (κ1) is 22.5. The average molecular weight is 559 g/mol. The monoisotopic (exact) mass is 558 g/mol. The van der Waals surface area contributed by atoms with Gasteiger partial charge in [0.05, 0.1) is 15.6 Å². The van der Waals surface area contributed by atoms with Gasteiger partial charge in [0.15, 0.2) is 11.5 Å². The number of anilines is 1. The van der Waals surface area contributed by atoms with Crippen molar-refractivity contribution in [3.63, 3.8) is 0 Å². The summed E-state index contributed by atoms with van der Waals surface area (Å²) in [6.45, 7) is 0.802. The molecule has 0 fully saturated rings. The molecule has 0 aliphatic rings. The second-order valence-corrected chi connectivity index (χ2v) is 8.30. The molecule has 0 heterocycles. The molecule has 0 saturated carbocycles. The molecule has 3 rings (SSSR count). The Balaban J connectivity index is 1.70. The molecule has 1 N–H and O–H groups in total. The highest BCUT2D eigenvalue weighted by Crippen LogP contribution is 2.35. The molecule has 0 aliphatic carbocycles. The zero-order valence-electron chi connectivity index (χ0n) is 15.8. The number of hydrogen-bond donors (Lipinski definition) is 1. The number of non-ortho nitro benzene ring substituents is 1. The van der Waals surface area contributed by atoms with E-state index in [0.29, 0.717) is 28.1 Å². The lowest BCUT2D eigenvalue weighted by Gasteiger charge is -2.16. The van der Waals surface area contributed by atoms with Gasteiger partial charge in [-0.2, -0.15) is 0 Å². The zero-order chi connectivity index (χ0) is 21.7. The van der Waals surface area contributed by atoms with Gasteiger partial charge in [-0.25, -0.2) is 0 Å². The molecule has 0 bridgehead atoms. The van der Waals surface area contributed by atoms with Crippen molar-refractivity contribution in [3.8, 4) is 11.5 Å². The fourth-order valence-electron chi connectivity index (χ4n) is 2.71. The van der Waals surface area contributed by atoms with E-state index < -0.39 is 4.92 Å². The standard InChI is InChI=1S/C21H17Cl2IN2O4/c1-29-20-9-13(11-25-16-4-6-17(7-5-16)26(27)28)8-19(24)21(20)30-12-14-2-3-15(22)10-18(14)23/h2-10,25H,11-12H2,1H3. The number of benzene rings is 3. The van der Waals surface area contributed by atoms with Crippen molar-refractivity contribution in [1.82, 2.24) is 0 Å². The molecule has 3 aromatic rings. The highest BCUT2D eigenvalue weighted by Gasteiger charge is 2.13. The molecule has 0 saturated heterocycles. The molecule has 0 radical (unpaired) electrons. The van der Waals surface area contributed by atoms with E-state index in [2.05, 4.69) is 27.9 Å². The Morgan fingerprint density at radius 3 is 2.47 bits per heavy atom. The van der Waals surface area contributed by atoms with Gasteiger partial charge in [-0.05, 0) is 64.6 Å². The van der Waals surface area contributed by atoms with Crippen molar-refractivity contribution in [3.05, 3.63) is 89.5 Å². The lowest BCUT2D eigenvalue weighted by Crippen LogP contribution is -2.04. The molecular formula is C21H17Cl2IN2O4. The van der Waals surface area contributed by atoms with Crippen LogP contribution in [0.5, 0.6) is 11.5 Å². The van der Waals surface area contributed by atoms with Crippen molar-refractivity contribution < 1.29 is 14.4 Å². The molecular weight excluding hydrogens is 542 g/mol. The topological polar surface area (TPSA) is 73.6 Å². The van der Waals surface area contributed by atoms with Gasteiger partial charge in [-0.1, -0.05) is 29.3 Å². The number of hydrogen-bond acceptors (Lipinski definition) is 5. The van der Waals surface area contributed by atoms with Crippen LogP contribution in [0, 0.1) is 13.7 Å². The largest absolute Gasteiger partial charge is 0.493 e. The quantitative estimate of drug-likeness (QED) is 0.189. The third-order valence-electron chi connectivity index (χ3n) is 4.25. The first-order chi connectivity index (χ1) is 14.4. The Labute approximate surface area is 197 Å². The van der Waals surface area contributed by atoms with Gasteiger partial charge in [-0.3, -0.25) is 10.1 Å². The highest BCUT2D eigenvalue weighted by atomic mass is 127. The van der Waals surface area contributed by atoms with Gasteiger partial charge in [0.25, 0.3) is 5.69 Å². The minimum Gasteiger partial charge on any atom is -0.493 e. The Kier molecular flexibility index (Phi) is 7.63. The van der Waals surface area contributed by atoms with Crippen molar-refractivity contribution >= 4 is 57.2 Å². The fraction of sp³-hybridized carbons (Fsp3) is 0.143. The van der Waals surface area contributed by atoms with Crippen LogP contribution in [-0.2, 0) is 13.2 Å². The Hall–Kier alpha value is -2.23. The molecule has 0 atom stereocenters. The molecule has 156 valence electrons. The molecule has 30 heavy (non-hydrogen) atoms. The van der Waals surface area contributed by atoms with E-state index >= 15 is 0 Å². The van der Waals surface area contributed by atoms with E-state index in [1.165, 1.54) is 12.1 Å². The minimum atomic E-state index is -0.424. The van der Waals surface area contributed by atoms with Crippen LogP contribution < -0.4 is 14.8 Å². The van der Waals surface area contributed by atoms with E-state index in [-0.39, 0.29) is 12.3 Å². The summed E-state index contributed by atoms with van der Waals surface area (Å²) in [7, 11) is 1.58. The summed E-state index contributed by atoms with van der Waals surface area (Å²) in [5, 5.41) is 15.1. The van der Waals surface area contributed by atoms with Crippen molar-refractivity contribution in [2.75, 3.05) is 12.4 Å². The molecule has 0 amide bonds. The smallest absolute Gasteiger partial charge is 0.269 e. The van der Waals surface area contributed by atoms with Gasteiger partial charge in [-0.15, -0.1) is 0 Å². The highest BCUT2D eigenvalue weighted by molar-refractivity contribution is 14.1. The fourth-order valence-corrected chi connectivity index (χ4v) is 3.99. The maximum absolute atomic E-state index is 10.8. The van der Waals surface area contributed by atoms with Crippen LogP contribution in [0.3, 0.4) is 0 Å². The lowest BCUT2D eigenvalue weighted by atomic mass is 10.2. The van der Waals surface area contributed by atoms with Gasteiger partial charge in [0, 0.05) is 40.0 Å². The second kappa shape index (κ2) is 10.2. The maximum Gasteiger partial charge on any atom is 0.269 e. The molecule has 0 aliphatic heterocycles. The normalized spacial score (nSPS) is 10.5. The van der Waals surface area contributed by atoms with Crippen LogP contribution >= 0.6 is 45.8 Å². The number of nitro groups is 1. The molecule has 0 spiro atoms. The number of methoxy groups -OCH3 is 1. The summed E-state index contributed by atoms with van der Waals surface area (Å²) in [5.74, 6) is 1.23. The van der Waals surface area contributed by atoms with Crippen LogP contribution in [0.25, 0.3) is 0 Å². The lowest BCUT2D eigenvalue weighted by molar-refractivity contribution is -0.384. The Morgan fingerprint density at radius 1 is 1.10 bits per heavy atom. The third-order valence-corrected chi connectivity index (χ3v) is 5.64. The Bertz CT molecular complexity index is 1060.